The van der Waals surface area contributed by atoms with Gasteiger partial charge in [0.1, 0.15) is 11.6 Å². The molecule has 1 atom stereocenters. The molecule has 0 bridgehead atoms. The average molecular weight is 345 g/mol. The van der Waals surface area contributed by atoms with E-state index in [1.807, 2.05) is 11.4 Å². The normalized spacial score (nSPS) is 13.1. The van der Waals surface area contributed by atoms with Crippen LogP contribution in [-0.2, 0) is 0 Å². The molecule has 5 heteroatoms. The van der Waals surface area contributed by atoms with Crippen molar-refractivity contribution < 1.29 is 8.78 Å². The minimum absolute atomic E-state index is 0.234. The van der Waals surface area contributed by atoms with E-state index in [4.69, 9.17) is 0 Å². The first-order valence-electron chi connectivity index (χ1n) is 5.21. The Morgan fingerprint density at radius 3 is 2.61 bits per heavy atom. The van der Waals surface area contributed by atoms with E-state index < -0.39 is 11.6 Å². The van der Waals surface area contributed by atoms with Crippen molar-refractivity contribution in [1.82, 2.24) is 0 Å². The van der Waals surface area contributed by atoms with Crippen molar-refractivity contribution in [3.05, 3.63) is 57.8 Å². The Morgan fingerprint density at radius 2 is 1.89 bits per heavy atom. The lowest BCUT2D eigenvalue weighted by Gasteiger charge is -2.09. The van der Waals surface area contributed by atoms with Gasteiger partial charge in [-0.25, -0.2) is 8.78 Å². The fourth-order valence-corrected chi connectivity index (χ4v) is 4.67. The molecule has 18 heavy (non-hydrogen) atoms. The van der Waals surface area contributed by atoms with Crippen LogP contribution in [0.1, 0.15) is 15.3 Å². The van der Waals surface area contributed by atoms with Crippen molar-refractivity contribution in [2.45, 2.75) is 4.83 Å². The Labute approximate surface area is 119 Å². The van der Waals surface area contributed by atoms with E-state index in [0.29, 0.717) is 5.56 Å². The molecule has 0 aliphatic heterocycles. The summed E-state index contributed by atoms with van der Waals surface area (Å²) in [6.07, 6.45) is 0. The van der Waals surface area contributed by atoms with Crippen LogP contribution in [0, 0.1) is 11.6 Å². The Hall–Kier alpha value is -0.780. The molecule has 0 nitrogen and oxygen atoms in total. The highest BCUT2D eigenvalue weighted by molar-refractivity contribution is 9.09. The third-order valence-electron chi connectivity index (χ3n) is 2.64. The fraction of sp³-hybridized carbons (Fsp3) is 0.0769. The molecule has 0 spiro atoms. The van der Waals surface area contributed by atoms with Crippen molar-refractivity contribution in [2.24, 2.45) is 0 Å². The van der Waals surface area contributed by atoms with Crippen LogP contribution in [0.3, 0.4) is 0 Å². The number of benzene rings is 1. The van der Waals surface area contributed by atoms with Crippen molar-refractivity contribution >= 4 is 48.0 Å². The number of fused-ring (bicyclic) bond motifs is 1. The van der Waals surface area contributed by atoms with Gasteiger partial charge < -0.3 is 0 Å². The van der Waals surface area contributed by atoms with Gasteiger partial charge in [-0.1, -0.05) is 22.0 Å². The molecule has 3 aromatic rings. The summed E-state index contributed by atoms with van der Waals surface area (Å²) in [6, 6.07) is 7.78. The van der Waals surface area contributed by atoms with E-state index in [1.54, 1.807) is 22.7 Å². The number of alkyl halides is 1. The quantitative estimate of drug-likeness (QED) is 0.521. The van der Waals surface area contributed by atoms with E-state index in [2.05, 4.69) is 22.0 Å². The van der Waals surface area contributed by atoms with Crippen molar-refractivity contribution in [3.63, 3.8) is 0 Å². The molecule has 2 aromatic heterocycles. The van der Waals surface area contributed by atoms with Gasteiger partial charge in [-0.3, -0.25) is 0 Å². The Bertz CT molecular complexity index is 673. The molecule has 0 aliphatic rings. The first kappa shape index (κ1) is 12.3. The van der Waals surface area contributed by atoms with Gasteiger partial charge >= 0.3 is 0 Å². The number of hydrogen-bond donors (Lipinski definition) is 0. The molecule has 0 saturated heterocycles. The van der Waals surface area contributed by atoms with Gasteiger partial charge in [-0.05, 0) is 23.6 Å². The topological polar surface area (TPSA) is 0 Å². The van der Waals surface area contributed by atoms with Crippen LogP contribution >= 0.6 is 38.6 Å². The highest BCUT2D eigenvalue weighted by Gasteiger charge is 2.18. The maximum atomic E-state index is 13.7. The van der Waals surface area contributed by atoms with Crippen LogP contribution in [0.4, 0.5) is 8.78 Å². The Balaban J connectivity index is 2.03. The first-order valence-corrected chi connectivity index (χ1v) is 7.82. The largest absolute Gasteiger partial charge is 0.207 e. The summed E-state index contributed by atoms with van der Waals surface area (Å²) in [5.74, 6) is -1.07. The SMILES string of the molecule is Fc1ccc(C(Br)c2cc3sccc3s2)c(F)c1. The fourth-order valence-electron chi connectivity index (χ4n) is 1.77. The van der Waals surface area contributed by atoms with E-state index in [1.165, 1.54) is 21.5 Å². The standard InChI is InChI=1S/C13H7BrF2S2/c14-13(8-2-1-7(15)5-9(8)16)12-6-11-10(18-12)3-4-17-11/h1-6,13H. The second-order valence-electron chi connectivity index (χ2n) is 3.83. The zero-order valence-electron chi connectivity index (χ0n) is 8.99. The molecule has 0 amide bonds. The van der Waals surface area contributed by atoms with Crippen LogP contribution < -0.4 is 0 Å². The second-order valence-corrected chi connectivity index (χ2v) is 6.80. The summed E-state index contributed by atoms with van der Waals surface area (Å²) in [5, 5.41) is 2.03. The van der Waals surface area contributed by atoms with Gasteiger partial charge in [0.05, 0.1) is 4.83 Å². The molecule has 3 rings (SSSR count). The molecule has 0 radical (unpaired) electrons. The summed E-state index contributed by atoms with van der Waals surface area (Å²) in [5.41, 5.74) is 0.463. The lowest BCUT2D eigenvalue weighted by molar-refractivity contribution is 0.574. The molecular formula is C13H7BrF2S2. The third-order valence-corrected chi connectivity index (χ3v) is 6.09. The number of hydrogen-bond acceptors (Lipinski definition) is 2. The molecule has 0 saturated carbocycles. The molecule has 0 aliphatic carbocycles. The number of rotatable bonds is 2. The predicted molar refractivity (Wildman–Crippen MR) is 76.8 cm³/mol. The zero-order valence-corrected chi connectivity index (χ0v) is 12.2. The monoisotopic (exact) mass is 344 g/mol. The highest BCUT2D eigenvalue weighted by atomic mass is 79.9. The summed E-state index contributed by atoms with van der Waals surface area (Å²) < 4.78 is 29.0. The third kappa shape index (κ3) is 2.11. The maximum Gasteiger partial charge on any atom is 0.130 e. The molecule has 92 valence electrons. The maximum absolute atomic E-state index is 13.7. The van der Waals surface area contributed by atoms with Crippen molar-refractivity contribution in [1.29, 1.82) is 0 Å². The van der Waals surface area contributed by atoms with Crippen LogP contribution in [-0.4, -0.2) is 0 Å². The second kappa shape index (κ2) is 4.72. The van der Waals surface area contributed by atoms with Gasteiger partial charge in [-0.2, -0.15) is 0 Å². The number of halogens is 3. The molecule has 1 unspecified atom stereocenters. The van der Waals surface area contributed by atoms with Gasteiger partial charge in [0.15, 0.2) is 0 Å². The van der Waals surface area contributed by atoms with E-state index in [0.717, 1.165) is 10.9 Å². The van der Waals surface area contributed by atoms with Crippen molar-refractivity contribution in [2.75, 3.05) is 0 Å². The minimum atomic E-state index is -0.553. The van der Waals surface area contributed by atoms with Gasteiger partial charge in [0, 0.05) is 25.9 Å². The van der Waals surface area contributed by atoms with E-state index in [9.17, 15) is 8.78 Å². The lowest BCUT2D eigenvalue weighted by atomic mass is 10.1. The zero-order chi connectivity index (χ0) is 12.7. The molecular weight excluding hydrogens is 338 g/mol. The highest BCUT2D eigenvalue weighted by Crippen LogP contribution is 2.40. The van der Waals surface area contributed by atoms with Crippen LogP contribution in [0.15, 0.2) is 35.7 Å². The smallest absolute Gasteiger partial charge is 0.130 e. The predicted octanol–water partition coefficient (Wildman–Crippen LogP) is 5.73. The first-order chi connectivity index (χ1) is 8.65. The van der Waals surface area contributed by atoms with Gasteiger partial charge in [0.2, 0.25) is 0 Å². The molecule has 1 aromatic carbocycles. The van der Waals surface area contributed by atoms with E-state index in [-0.39, 0.29) is 4.83 Å². The number of thiophene rings is 2. The van der Waals surface area contributed by atoms with Gasteiger partial charge in [0.25, 0.3) is 0 Å². The molecule has 0 fully saturated rings. The van der Waals surface area contributed by atoms with Crippen LogP contribution in [0.2, 0.25) is 0 Å². The van der Waals surface area contributed by atoms with Gasteiger partial charge in [-0.15, -0.1) is 22.7 Å². The molecule has 2 heterocycles. The minimum Gasteiger partial charge on any atom is -0.207 e. The summed E-state index contributed by atoms with van der Waals surface area (Å²) in [7, 11) is 0. The average Bonchev–Trinajstić information content (AvgIpc) is 2.87. The molecule has 0 N–H and O–H groups in total. The van der Waals surface area contributed by atoms with Crippen LogP contribution in [0.25, 0.3) is 9.40 Å². The van der Waals surface area contributed by atoms with E-state index >= 15 is 0 Å². The van der Waals surface area contributed by atoms with Crippen molar-refractivity contribution in [3.8, 4) is 0 Å². The summed E-state index contributed by atoms with van der Waals surface area (Å²) in [4.78, 5) is 0.796. The Morgan fingerprint density at radius 1 is 1.06 bits per heavy atom. The summed E-state index contributed by atoms with van der Waals surface area (Å²) >= 11 is 6.77. The van der Waals surface area contributed by atoms with Crippen LogP contribution in [0.5, 0.6) is 0 Å². The Kier molecular flexibility index (Phi) is 3.21. The lowest BCUT2D eigenvalue weighted by Crippen LogP contribution is -1.95. The summed E-state index contributed by atoms with van der Waals surface area (Å²) in [6.45, 7) is 0.